The number of anilines is 1. The van der Waals surface area contributed by atoms with Crippen molar-refractivity contribution in [2.75, 3.05) is 5.43 Å². The fraction of sp³-hybridized carbons (Fsp3) is 0. The molecule has 0 spiro atoms. The Kier molecular flexibility index (Phi) is 4.35. The predicted molar refractivity (Wildman–Crippen MR) is 116 cm³/mol. The van der Waals surface area contributed by atoms with Crippen LogP contribution in [0.15, 0.2) is 90.2 Å². The minimum absolute atomic E-state index is 0.583. The molecule has 0 aliphatic carbocycles. The SMILES string of the molecule is C(=NNc1nc2ccccc2nc1-c1ccccc1)c1cnc2ccccc2n1. The number of fused-ring (bicyclic) bond motifs is 2. The van der Waals surface area contributed by atoms with E-state index in [0.717, 1.165) is 33.3 Å². The van der Waals surface area contributed by atoms with Crippen molar-refractivity contribution in [1.29, 1.82) is 0 Å². The first kappa shape index (κ1) is 16.9. The molecule has 2 heterocycles. The van der Waals surface area contributed by atoms with Crippen LogP contribution in [0.25, 0.3) is 33.3 Å². The molecule has 29 heavy (non-hydrogen) atoms. The second kappa shape index (κ2) is 7.44. The number of hydrogen-bond donors (Lipinski definition) is 1. The molecule has 138 valence electrons. The van der Waals surface area contributed by atoms with Crippen molar-refractivity contribution in [1.82, 2.24) is 19.9 Å². The third-order valence-corrected chi connectivity index (χ3v) is 4.45. The smallest absolute Gasteiger partial charge is 0.173 e. The molecule has 3 aromatic carbocycles. The highest BCUT2D eigenvalue weighted by molar-refractivity contribution is 5.85. The van der Waals surface area contributed by atoms with Gasteiger partial charge in [-0.05, 0) is 24.3 Å². The van der Waals surface area contributed by atoms with Crippen molar-refractivity contribution >= 4 is 34.1 Å². The van der Waals surface area contributed by atoms with Gasteiger partial charge in [0.05, 0.1) is 34.5 Å². The molecule has 0 aliphatic rings. The van der Waals surface area contributed by atoms with Crippen LogP contribution in [0, 0.1) is 0 Å². The molecular formula is C23H16N6. The van der Waals surface area contributed by atoms with Crippen molar-refractivity contribution in [3.8, 4) is 11.3 Å². The highest BCUT2D eigenvalue weighted by Crippen LogP contribution is 2.26. The average molecular weight is 376 g/mol. The number of nitrogens with zero attached hydrogens (tertiary/aromatic N) is 5. The summed E-state index contributed by atoms with van der Waals surface area (Å²) in [4.78, 5) is 18.4. The largest absolute Gasteiger partial charge is 0.259 e. The Hall–Kier alpha value is -4.19. The summed E-state index contributed by atoms with van der Waals surface area (Å²) in [7, 11) is 0. The Balaban J connectivity index is 1.50. The van der Waals surface area contributed by atoms with E-state index in [-0.39, 0.29) is 0 Å². The van der Waals surface area contributed by atoms with Gasteiger partial charge >= 0.3 is 0 Å². The van der Waals surface area contributed by atoms with Crippen molar-refractivity contribution < 1.29 is 0 Å². The van der Waals surface area contributed by atoms with Crippen molar-refractivity contribution in [2.45, 2.75) is 0 Å². The number of rotatable bonds is 4. The summed E-state index contributed by atoms with van der Waals surface area (Å²) in [6.07, 6.45) is 3.32. The number of para-hydroxylation sites is 4. The molecule has 0 radical (unpaired) electrons. The number of hydrazone groups is 1. The van der Waals surface area contributed by atoms with E-state index in [2.05, 4.69) is 20.5 Å². The van der Waals surface area contributed by atoms with Crippen LogP contribution in [0.4, 0.5) is 5.82 Å². The molecule has 0 unspecified atom stereocenters. The molecule has 0 aliphatic heterocycles. The molecule has 1 N–H and O–H groups in total. The predicted octanol–water partition coefficient (Wildman–Crippen LogP) is 4.69. The number of benzene rings is 3. The molecule has 0 atom stereocenters. The lowest BCUT2D eigenvalue weighted by atomic mass is 10.1. The van der Waals surface area contributed by atoms with Crippen LogP contribution in [-0.4, -0.2) is 26.2 Å². The third kappa shape index (κ3) is 3.51. The van der Waals surface area contributed by atoms with Crippen LogP contribution in [0.5, 0.6) is 0 Å². The first-order valence-electron chi connectivity index (χ1n) is 9.20. The quantitative estimate of drug-likeness (QED) is 0.364. The van der Waals surface area contributed by atoms with Gasteiger partial charge in [-0.2, -0.15) is 5.10 Å². The molecule has 0 bridgehead atoms. The van der Waals surface area contributed by atoms with Gasteiger partial charge in [-0.15, -0.1) is 0 Å². The molecule has 0 amide bonds. The lowest BCUT2D eigenvalue weighted by Crippen LogP contribution is -2.00. The summed E-state index contributed by atoms with van der Waals surface area (Å²) in [5.41, 5.74) is 8.71. The van der Waals surface area contributed by atoms with Crippen LogP contribution in [0.1, 0.15) is 5.69 Å². The Morgan fingerprint density at radius 3 is 2.03 bits per heavy atom. The third-order valence-electron chi connectivity index (χ3n) is 4.45. The topological polar surface area (TPSA) is 76.0 Å². The minimum Gasteiger partial charge on any atom is -0.259 e. The number of aromatic nitrogens is 4. The Bertz CT molecular complexity index is 1330. The Morgan fingerprint density at radius 2 is 1.28 bits per heavy atom. The maximum Gasteiger partial charge on any atom is 0.173 e. The summed E-state index contributed by atoms with van der Waals surface area (Å²) in [5, 5.41) is 4.33. The average Bonchev–Trinajstić information content (AvgIpc) is 2.79. The van der Waals surface area contributed by atoms with Gasteiger partial charge < -0.3 is 0 Å². The summed E-state index contributed by atoms with van der Waals surface area (Å²) in [5.74, 6) is 0.583. The molecule has 2 aromatic heterocycles. The standard InChI is InChI=1S/C23H16N6/c1-2-8-16(9-3-1)22-23(28-21-13-7-6-12-20(21)27-22)29-25-15-17-14-24-18-10-4-5-11-19(18)26-17/h1-15H,(H,28,29). The van der Waals surface area contributed by atoms with Crippen LogP contribution >= 0.6 is 0 Å². The molecule has 6 nitrogen and oxygen atoms in total. The molecule has 0 saturated carbocycles. The molecule has 6 heteroatoms. The second-order valence-electron chi connectivity index (χ2n) is 6.43. The Morgan fingerprint density at radius 1 is 0.655 bits per heavy atom. The van der Waals surface area contributed by atoms with Crippen molar-refractivity contribution in [3.63, 3.8) is 0 Å². The van der Waals surface area contributed by atoms with E-state index in [9.17, 15) is 0 Å². The van der Waals surface area contributed by atoms with Gasteiger partial charge in [-0.1, -0.05) is 54.6 Å². The van der Waals surface area contributed by atoms with E-state index in [1.54, 1.807) is 12.4 Å². The van der Waals surface area contributed by atoms with Crippen LogP contribution in [0.2, 0.25) is 0 Å². The van der Waals surface area contributed by atoms with E-state index >= 15 is 0 Å². The summed E-state index contributed by atoms with van der Waals surface area (Å²) in [6, 6.07) is 25.4. The zero-order valence-corrected chi connectivity index (χ0v) is 15.4. The monoisotopic (exact) mass is 376 g/mol. The van der Waals surface area contributed by atoms with E-state index in [4.69, 9.17) is 9.97 Å². The van der Waals surface area contributed by atoms with Gasteiger partial charge in [0.15, 0.2) is 5.82 Å². The lowest BCUT2D eigenvalue weighted by molar-refractivity contribution is 1.21. The highest BCUT2D eigenvalue weighted by atomic mass is 15.3. The van der Waals surface area contributed by atoms with Crippen LogP contribution in [-0.2, 0) is 0 Å². The van der Waals surface area contributed by atoms with Crippen LogP contribution < -0.4 is 5.43 Å². The molecule has 5 rings (SSSR count). The molecule has 5 aromatic rings. The van der Waals surface area contributed by atoms with Gasteiger partial charge in [-0.3, -0.25) is 10.4 Å². The maximum atomic E-state index is 4.79. The fourth-order valence-electron chi connectivity index (χ4n) is 3.07. The van der Waals surface area contributed by atoms with E-state index < -0.39 is 0 Å². The summed E-state index contributed by atoms with van der Waals surface area (Å²) < 4.78 is 0. The molecular weight excluding hydrogens is 360 g/mol. The van der Waals surface area contributed by atoms with Crippen molar-refractivity contribution in [3.05, 3.63) is 90.8 Å². The zero-order chi connectivity index (χ0) is 19.5. The van der Waals surface area contributed by atoms with Crippen LogP contribution in [0.3, 0.4) is 0 Å². The van der Waals surface area contributed by atoms with Gasteiger partial charge in [0.2, 0.25) is 0 Å². The van der Waals surface area contributed by atoms with Gasteiger partial charge in [0.25, 0.3) is 0 Å². The minimum atomic E-state index is 0.583. The summed E-state index contributed by atoms with van der Waals surface area (Å²) in [6.45, 7) is 0. The van der Waals surface area contributed by atoms with E-state index in [1.165, 1.54) is 0 Å². The second-order valence-corrected chi connectivity index (χ2v) is 6.43. The van der Waals surface area contributed by atoms with Gasteiger partial charge in [0.1, 0.15) is 11.4 Å². The lowest BCUT2D eigenvalue weighted by Gasteiger charge is -2.09. The molecule has 0 fully saturated rings. The van der Waals surface area contributed by atoms with Crippen molar-refractivity contribution in [2.24, 2.45) is 5.10 Å². The normalized spacial score (nSPS) is 11.3. The number of hydrogen-bond acceptors (Lipinski definition) is 6. The summed E-state index contributed by atoms with van der Waals surface area (Å²) >= 11 is 0. The molecule has 0 saturated heterocycles. The first-order valence-corrected chi connectivity index (χ1v) is 9.20. The Labute approximate surface area is 167 Å². The number of nitrogens with one attached hydrogen (secondary N) is 1. The fourth-order valence-corrected chi connectivity index (χ4v) is 3.07. The first-order chi connectivity index (χ1) is 14.4. The zero-order valence-electron chi connectivity index (χ0n) is 15.4. The van der Waals surface area contributed by atoms with E-state index in [1.807, 2.05) is 78.9 Å². The van der Waals surface area contributed by atoms with Gasteiger partial charge in [-0.25, -0.2) is 15.0 Å². The van der Waals surface area contributed by atoms with Gasteiger partial charge in [0, 0.05) is 5.56 Å². The maximum absolute atomic E-state index is 4.79. The van der Waals surface area contributed by atoms with E-state index in [0.29, 0.717) is 11.5 Å². The highest BCUT2D eigenvalue weighted by Gasteiger charge is 2.10.